The smallest absolute Gasteiger partial charge is 0.347 e. The van der Waals surface area contributed by atoms with Crippen molar-refractivity contribution in [3.05, 3.63) is 94.3 Å². The second kappa shape index (κ2) is 8.98. The largest absolute Gasteiger partial charge is 0.497 e. The molecule has 1 amide bonds. The molecule has 0 aliphatic carbocycles. The van der Waals surface area contributed by atoms with Crippen LogP contribution < -0.4 is 15.7 Å². The molecule has 0 saturated heterocycles. The number of aromatic nitrogens is 2. The Morgan fingerprint density at radius 3 is 2.68 bits per heavy atom. The van der Waals surface area contributed by atoms with E-state index in [0.717, 1.165) is 33.1 Å². The molecule has 3 aromatic carbocycles. The summed E-state index contributed by atoms with van der Waals surface area (Å²) >= 11 is 0. The predicted molar refractivity (Wildman–Crippen MR) is 141 cm³/mol. The number of para-hydroxylation sites is 2. The molecule has 8 nitrogen and oxygen atoms in total. The first-order valence-corrected chi connectivity index (χ1v) is 11.8. The summed E-state index contributed by atoms with van der Waals surface area (Å²) in [6.45, 7) is 1.91. The van der Waals surface area contributed by atoms with Crippen molar-refractivity contribution < 1.29 is 18.4 Å². The first kappa shape index (κ1) is 22.6. The lowest BCUT2D eigenvalue weighted by Gasteiger charge is -2.07. The first-order valence-electron chi connectivity index (χ1n) is 11.8. The minimum Gasteiger partial charge on any atom is -0.497 e. The number of fused-ring (bicyclic) bond motifs is 3. The summed E-state index contributed by atoms with van der Waals surface area (Å²) in [5.74, 6) is 2.04. The van der Waals surface area contributed by atoms with Crippen LogP contribution in [0.15, 0.2) is 80.4 Å². The number of imidazole rings is 1. The molecule has 2 N–H and O–H groups in total. The topological polar surface area (TPSA) is 110 Å². The van der Waals surface area contributed by atoms with Crippen LogP contribution >= 0.6 is 0 Å². The molecule has 0 bridgehead atoms. The molecular weight excluding hydrogens is 470 g/mol. The Morgan fingerprint density at radius 2 is 1.84 bits per heavy atom. The second-order valence-electron chi connectivity index (χ2n) is 8.88. The maximum Gasteiger partial charge on any atom is 0.347 e. The number of hydrogen-bond donors (Lipinski definition) is 2. The predicted octanol–water partition coefficient (Wildman–Crippen LogP) is 5.26. The van der Waals surface area contributed by atoms with E-state index in [-0.39, 0.29) is 24.3 Å². The van der Waals surface area contributed by atoms with E-state index in [9.17, 15) is 9.59 Å². The van der Waals surface area contributed by atoms with Crippen molar-refractivity contribution in [2.45, 2.75) is 19.9 Å². The van der Waals surface area contributed by atoms with Gasteiger partial charge in [-0.15, -0.1) is 0 Å². The van der Waals surface area contributed by atoms with E-state index in [0.29, 0.717) is 28.5 Å². The zero-order chi connectivity index (χ0) is 25.5. The van der Waals surface area contributed by atoms with Crippen molar-refractivity contribution in [3.63, 3.8) is 0 Å². The number of benzene rings is 3. The highest BCUT2D eigenvalue weighted by Crippen LogP contribution is 2.35. The summed E-state index contributed by atoms with van der Waals surface area (Å²) in [7, 11) is 1.63. The van der Waals surface area contributed by atoms with E-state index < -0.39 is 5.63 Å². The third-order valence-electron chi connectivity index (χ3n) is 6.36. The average Bonchev–Trinajstić information content (AvgIpc) is 3.48. The Labute approximate surface area is 210 Å². The molecule has 0 spiro atoms. The molecule has 0 unspecified atom stereocenters. The summed E-state index contributed by atoms with van der Waals surface area (Å²) in [6, 6.07) is 21.0. The molecule has 0 aliphatic heterocycles. The average molecular weight is 494 g/mol. The second-order valence-corrected chi connectivity index (χ2v) is 8.88. The van der Waals surface area contributed by atoms with Crippen molar-refractivity contribution in [2.24, 2.45) is 0 Å². The number of amides is 1. The highest BCUT2D eigenvalue weighted by molar-refractivity contribution is 5.95. The van der Waals surface area contributed by atoms with E-state index in [4.69, 9.17) is 13.6 Å². The van der Waals surface area contributed by atoms with Gasteiger partial charge in [-0.05, 0) is 48.0 Å². The molecule has 0 aliphatic rings. The van der Waals surface area contributed by atoms with Gasteiger partial charge in [0, 0.05) is 17.2 Å². The van der Waals surface area contributed by atoms with Gasteiger partial charge in [-0.3, -0.25) is 4.79 Å². The minimum atomic E-state index is -0.532. The van der Waals surface area contributed by atoms with Gasteiger partial charge in [0.1, 0.15) is 34.1 Å². The molecule has 0 saturated carbocycles. The standard InChI is InChI=1S/C29H23N3O5/c1-16-11-24-27(29(34)36-16)21(14-26(33)30-15-25-31-22-5-3-4-6-23(22)32-25)28(37-24)19-8-7-18-13-20(35-2)10-9-17(18)12-19/h3-13H,14-15H2,1-2H3,(H,30,33)(H,31,32). The number of rotatable bonds is 6. The molecule has 3 heterocycles. The van der Waals surface area contributed by atoms with E-state index in [2.05, 4.69) is 15.3 Å². The van der Waals surface area contributed by atoms with Gasteiger partial charge in [0.15, 0.2) is 0 Å². The third-order valence-corrected chi connectivity index (χ3v) is 6.36. The molecule has 184 valence electrons. The number of ether oxygens (including phenoxy) is 1. The molecule has 8 heteroatoms. The van der Waals surface area contributed by atoms with Crippen molar-refractivity contribution in [3.8, 4) is 17.1 Å². The Morgan fingerprint density at radius 1 is 1.03 bits per heavy atom. The van der Waals surface area contributed by atoms with Gasteiger partial charge in [0.2, 0.25) is 5.91 Å². The number of nitrogens with one attached hydrogen (secondary N) is 2. The van der Waals surface area contributed by atoms with Crippen LogP contribution in [0, 0.1) is 6.92 Å². The molecule has 37 heavy (non-hydrogen) atoms. The lowest BCUT2D eigenvalue weighted by molar-refractivity contribution is -0.120. The van der Waals surface area contributed by atoms with E-state index in [1.807, 2.05) is 60.7 Å². The monoisotopic (exact) mass is 493 g/mol. The van der Waals surface area contributed by atoms with Crippen molar-refractivity contribution >= 4 is 38.7 Å². The number of carbonyl (C=O) groups excluding carboxylic acids is 1. The van der Waals surface area contributed by atoms with Crippen molar-refractivity contribution in [2.75, 3.05) is 7.11 Å². The lowest BCUT2D eigenvalue weighted by atomic mass is 10.0. The van der Waals surface area contributed by atoms with Gasteiger partial charge >= 0.3 is 5.63 Å². The van der Waals surface area contributed by atoms with Crippen LogP contribution in [0.2, 0.25) is 0 Å². The number of aryl methyl sites for hydroxylation is 1. The van der Waals surface area contributed by atoms with Crippen LogP contribution in [0.1, 0.15) is 17.1 Å². The molecular formula is C29H23N3O5. The van der Waals surface area contributed by atoms with E-state index in [1.54, 1.807) is 20.1 Å². The fourth-order valence-corrected chi connectivity index (χ4v) is 4.61. The summed E-state index contributed by atoms with van der Waals surface area (Å²) in [4.78, 5) is 33.6. The third kappa shape index (κ3) is 4.23. The number of aromatic amines is 1. The van der Waals surface area contributed by atoms with Crippen LogP contribution in [-0.2, 0) is 17.8 Å². The normalized spacial score (nSPS) is 11.4. The number of hydrogen-bond acceptors (Lipinski definition) is 6. The summed E-state index contributed by atoms with van der Waals surface area (Å²) < 4.78 is 16.8. The van der Waals surface area contributed by atoms with Gasteiger partial charge in [-0.1, -0.05) is 30.3 Å². The van der Waals surface area contributed by atoms with Crippen LogP contribution in [0.3, 0.4) is 0 Å². The number of methoxy groups -OCH3 is 1. The first-order chi connectivity index (χ1) is 18.0. The van der Waals surface area contributed by atoms with Gasteiger partial charge < -0.3 is 23.9 Å². The summed E-state index contributed by atoms with van der Waals surface area (Å²) in [6.07, 6.45) is -0.0585. The molecule has 6 rings (SSSR count). The van der Waals surface area contributed by atoms with Crippen LogP contribution in [0.5, 0.6) is 5.75 Å². The fraction of sp³-hybridized carbons (Fsp3) is 0.138. The Bertz CT molecular complexity index is 1830. The highest BCUT2D eigenvalue weighted by atomic mass is 16.5. The summed E-state index contributed by atoms with van der Waals surface area (Å²) in [5, 5.41) is 5.14. The zero-order valence-electron chi connectivity index (χ0n) is 20.3. The van der Waals surface area contributed by atoms with Crippen LogP contribution in [0.4, 0.5) is 0 Å². The van der Waals surface area contributed by atoms with Gasteiger partial charge in [-0.2, -0.15) is 0 Å². The number of furan rings is 1. The minimum absolute atomic E-state index is 0.0585. The van der Waals surface area contributed by atoms with Crippen LogP contribution in [-0.4, -0.2) is 23.0 Å². The molecule has 6 aromatic rings. The van der Waals surface area contributed by atoms with Crippen molar-refractivity contribution in [1.29, 1.82) is 0 Å². The van der Waals surface area contributed by atoms with E-state index in [1.165, 1.54) is 0 Å². The van der Waals surface area contributed by atoms with Gasteiger partial charge in [-0.25, -0.2) is 9.78 Å². The van der Waals surface area contributed by atoms with Gasteiger partial charge in [0.05, 0.1) is 31.1 Å². The fourth-order valence-electron chi connectivity index (χ4n) is 4.61. The number of carbonyl (C=O) groups is 1. The number of H-pyrrole nitrogens is 1. The lowest BCUT2D eigenvalue weighted by Crippen LogP contribution is -2.25. The van der Waals surface area contributed by atoms with Gasteiger partial charge in [0.25, 0.3) is 0 Å². The van der Waals surface area contributed by atoms with Crippen molar-refractivity contribution in [1.82, 2.24) is 15.3 Å². The highest BCUT2D eigenvalue weighted by Gasteiger charge is 2.23. The van der Waals surface area contributed by atoms with E-state index >= 15 is 0 Å². The molecule has 0 atom stereocenters. The Hall–Kier alpha value is -4.85. The maximum atomic E-state index is 13.0. The van der Waals surface area contributed by atoms with Crippen LogP contribution in [0.25, 0.3) is 44.1 Å². The SMILES string of the molecule is COc1ccc2cc(-c3oc4cc(C)oc(=O)c4c3CC(=O)NCc3nc4ccccc4[nH]3)ccc2c1. The zero-order valence-corrected chi connectivity index (χ0v) is 20.3. The Kier molecular flexibility index (Phi) is 5.49. The Balaban J connectivity index is 1.36. The summed E-state index contributed by atoms with van der Waals surface area (Å²) in [5.41, 5.74) is 2.83. The maximum absolute atomic E-state index is 13.0. The molecule has 3 aromatic heterocycles. The number of nitrogens with zero attached hydrogens (tertiary/aromatic N) is 1. The molecule has 0 radical (unpaired) electrons. The molecule has 0 fully saturated rings. The quantitative estimate of drug-likeness (QED) is 0.328.